The van der Waals surface area contributed by atoms with Crippen molar-refractivity contribution in [1.29, 1.82) is 0 Å². The Bertz CT molecular complexity index is 682. The highest BCUT2D eigenvalue weighted by Crippen LogP contribution is 2.29. The van der Waals surface area contributed by atoms with E-state index < -0.39 is 11.7 Å². The van der Waals surface area contributed by atoms with Crippen molar-refractivity contribution in [3.63, 3.8) is 0 Å². The van der Waals surface area contributed by atoms with E-state index in [0.29, 0.717) is 19.0 Å². The first-order valence-corrected chi connectivity index (χ1v) is 7.88. The Morgan fingerprint density at radius 2 is 1.88 bits per heavy atom. The van der Waals surface area contributed by atoms with Gasteiger partial charge >= 0.3 is 6.18 Å². The largest absolute Gasteiger partial charge is 0.416 e. The molecule has 2 rings (SSSR count). The van der Waals surface area contributed by atoms with Crippen molar-refractivity contribution in [2.45, 2.75) is 19.1 Å². The predicted octanol–water partition coefficient (Wildman–Crippen LogP) is 3.35. The molecule has 1 heterocycles. The summed E-state index contributed by atoms with van der Waals surface area (Å²) < 4.78 is 37.8. The fourth-order valence-corrected chi connectivity index (χ4v) is 2.38. The maximum atomic E-state index is 12.6. The third kappa shape index (κ3) is 5.77. The van der Waals surface area contributed by atoms with Crippen LogP contribution in [0.25, 0.3) is 0 Å². The van der Waals surface area contributed by atoms with Gasteiger partial charge in [0, 0.05) is 45.5 Å². The van der Waals surface area contributed by atoms with Crippen LogP contribution >= 0.6 is 0 Å². The molecular formula is C18H21F3N4. The smallest absolute Gasteiger partial charge is 0.356 e. The highest BCUT2D eigenvalue weighted by Gasteiger charge is 2.29. The van der Waals surface area contributed by atoms with Crippen LogP contribution in [0, 0.1) is 0 Å². The van der Waals surface area contributed by atoms with Crippen LogP contribution < -0.4 is 5.32 Å². The summed E-state index contributed by atoms with van der Waals surface area (Å²) in [6.45, 7) is 1.13. The van der Waals surface area contributed by atoms with Gasteiger partial charge in [0.1, 0.15) is 0 Å². The van der Waals surface area contributed by atoms with Crippen LogP contribution in [0.1, 0.15) is 16.8 Å². The van der Waals surface area contributed by atoms with Crippen LogP contribution in [-0.2, 0) is 19.1 Å². The van der Waals surface area contributed by atoms with E-state index in [2.05, 4.69) is 15.3 Å². The van der Waals surface area contributed by atoms with Crippen molar-refractivity contribution in [2.75, 3.05) is 20.6 Å². The molecule has 4 nitrogen and oxygen atoms in total. The lowest BCUT2D eigenvalue weighted by Gasteiger charge is -2.22. The molecule has 0 bridgehead atoms. The summed E-state index contributed by atoms with van der Waals surface area (Å²) in [4.78, 5) is 10.3. The normalized spacial score (nSPS) is 12.1. The first-order valence-electron chi connectivity index (χ1n) is 7.88. The zero-order valence-electron chi connectivity index (χ0n) is 14.2. The van der Waals surface area contributed by atoms with Gasteiger partial charge in [0.2, 0.25) is 0 Å². The third-order valence-electron chi connectivity index (χ3n) is 3.66. The van der Waals surface area contributed by atoms with Gasteiger partial charge < -0.3 is 10.2 Å². The number of aromatic nitrogens is 1. The first kappa shape index (κ1) is 18.8. The number of benzene rings is 1. The number of rotatable bonds is 5. The minimum Gasteiger partial charge on any atom is -0.356 e. The number of alkyl halides is 3. The zero-order chi connectivity index (χ0) is 18.3. The Morgan fingerprint density at radius 3 is 2.44 bits per heavy atom. The Labute approximate surface area is 145 Å². The van der Waals surface area contributed by atoms with E-state index in [4.69, 9.17) is 0 Å². The Balaban J connectivity index is 1.88. The van der Waals surface area contributed by atoms with Gasteiger partial charge in [-0.2, -0.15) is 13.2 Å². The van der Waals surface area contributed by atoms with Gasteiger partial charge in [0.15, 0.2) is 5.96 Å². The summed E-state index contributed by atoms with van der Waals surface area (Å²) in [5.41, 5.74) is 1.12. The molecule has 2 aromatic rings. The number of pyridine rings is 1. The first-order chi connectivity index (χ1) is 11.9. The van der Waals surface area contributed by atoms with Crippen LogP contribution in [0.5, 0.6) is 0 Å². The molecule has 0 atom stereocenters. The molecule has 25 heavy (non-hydrogen) atoms. The summed E-state index contributed by atoms with van der Waals surface area (Å²) in [6, 6.07) is 10.9. The number of nitrogens with zero attached hydrogens (tertiary/aromatic N) is 3. The number of halogens is 3. The minimum atomic E-state index is -4.31. The summed E-state index contributed by atoms with van der Waals surface area (Å²) in [6.07, 6.45) is -1.80. The third-order valence-corrected chi connectivity index (χ3v) is 3.66. The van der Waals surface area contributed by atoms with E-state index in [1.807, 2.05) is 30.1 Å². The van der Waals surface area contributed by atoms with Crippen LogP contribution in [0.4, 0.5) is 13.2 Å². The second-order valence-electron chi connectivity index (χ2n) is 5.60. The van der Waals surface area contributed by atoms with E-state index in [0.717, 1.165) is 29.8 Å². The Morgan fingerprint density at radius 1 is 1.16 bits per heavy atom. The molecule has 0 spiro atoms. The Hall–Kier alpha value is -2.57. The van der Waals surface area contributed by atoms with E-state index in [-0.39, 0.29) is 0 Å². The molecule has 1 aromatic carbocycles. The topological polar surface area (TPSA) is 40.5 Å². The number of hydrogen-bond donors (Lipinski definition) is 1. The van der Waals surface area contributed by atoms with E-state index in [9.17, 15) is 13.2 Å². The second kappa shape index (κ2) is 8.50. The molecule has 0 radical (unpaired) electrons. The predicted molar refractivity (Wildman–Crippen MR) is 92.2 cm³/mol. The maximum absolute atomic E-state index is 12.6. The maximum Gasteiger partial charge on any atom is 0.416 e. The van der Waals surface area contributed by atoms with E-state index in [1.165, 1.54) is 12.1 Å². The van der Waals surface area contributed by atoms with Crippen LogP contribution in [0.2, 0.25) is 0 Å². The summed E-state index contributed by atoms with van der Waals surface area (Å²) >= 11 is 0. The Kier molecular flexibility index (Phi) is 6.38. The van der Waals surface area contributed by atoms with E-state index >= 15 is 0 Å². The number of hydrogen-bond acceptors (Lipinski definition) is 2. The van der Waals surface area contributed by atoms with Crippen molar-refractivity contribution in [3.05, 3.63) is 65.5 Å². The molecule has 1 N–H and O–H groups in total. The number of aliphatic imine (C=N–C) groups is 1. The van der Waals surface area contributed by atoms with Crippen molar-refractivity contribution in [3.8, 4) is 0 Å². The summed E-state index contributed by atoms with van der Waals surface area (Å²) in [5.74, 6) is 0.677. The molecule has 0 saturated carbocycles. The molecule has 0 aliphatic heterocycles. The molecule has 0 aliphatic rings. The van der Waals surface area contributed by atoms with Gasteiger partial charge in [-0.25, -0.2) is 0 Å². The average molecular weight is 350 g/mol. The van der Waals surface area contributed by atoms with Gasteiger partial charge in [0.25, 0.3) is 0 Å². The lowest BCUT2D eigenvalue weighted by molar-refractivity contribution is -0.137. The van der Waals surface area contributed by atoms with Crippen molar-refractivity contribution < 1.29 is 13.2 Å². The molecular weight excluding hydrogens is 329 g/mol. The molecule has 0 unspecified atom stereocenters. The zero-order valence-corrected chi connectivity index (χ0v) is 14.2. The van der Waals surface area contributed by atoms with E-state index in [1.54, 1.807) is 13.2 Å². The molecule has 0 amide bonds. The molecule has 0 saturated heterocycles. The molecule has 134 valence electrons. The highest BCUT2D eigenvalue weighted by atomic mass is 19.4. The van der Waals surface area contributed by atoms with Gasteiger partial charge in [-0.05, 0) is 29.8 Å². The van der Waals surface area contributed by atoms with Gasteiger partial charge in [-0.15, -0.1) is 0 Å². The second-order valence-corrected chi connectivity index (χ2v) is 5.60. The molecule has 1 aromatic heterocycles. The van der Waals surface area contributed by atoms with Crippen LogP contribution in [-0.4, -0.2) is 36.5 Å². The standard InChI is InChI=1S/C18H21F3N4/c1-22-17(24-12-10-16-5-3-4-11-23-16)25(2)13-14-6-8-15(9-7-14)18(19,20)21/h3-9,11H,10,12-13H2,1-2H3,(H,22,24). The molecule has 0 fully saturated rings. The number of guanidine groups is 1. The minimum absolute atomic E-state index is 0.460. The molecule has 0 aliphatic carbocycles. The van der Waals surface area contributed by atoms with Crippen LogP contribution in [0.3, 0.4) is 0 Å². The number of nitrogens with one attached hydrogen (secondary N) is 1. The fourth-order valence-electron chi connectivity index (χ4n) is 2.38. The average Bonchev–Trinajstić information content (AvgIpc) is 2.59. The van der Waals surface area contributed by atoms with Crippen LogP contribution in [0.15, 0.2) is 53.7 Å². The van der Waals surface area contributed by atoms with Gasteiger partial charge in [-0.3, -0.25) is 9.98 Å². The van der Waals surface area contributed by atoms with Crippen molar-refractivity contribution in [1.82, 2.24) is 15.2 Å². The monoisotopic (exact) mass is 350 g/mol. The van der Waals surface area contributed by atoms with Gasteiger partial charge in [-0.1, -0.05) is 18.2 Å². The van der Waals surface area contributed by atoms with Crippen molar-refractivity contribution >= 4 is 5.96 Å². The lowest BCUT2D eigenvalue weighted by Crippen LogP contribution is -2.39. The summed E-state index contributed by atoms with van der Waals surface area (Å²) in [5, 5.41) is 3.23. The van der Waals surface area contributed by atoms with Crippen molar-refractivity contribution in [2.24, 2.45) is 4.99 Å². The molecule has 7 heteroatoms. The SMILES string of the molecule is CN=C(NCCc1ccccn1)N(C)Cc1ccc(C(F)(F)F)cc1. The fraction of sp³-hybridized carbons (Fsp3) is 0.333. The summed E-state index contributed by atoms with van der Waals surface area (Å²) in [7, 11) is 3.51. The van der Waals surface area contributed by atoms with Gasteiger partial charge in [0.05, 0.1) is 5.56 Å². The quantitative estimate of drug-likeness (QED) is 0.664. The lowest BCUT2D eigenvalue weighted by atomic mass is 10.1. The highest BCUT2D eigenvalue weighted by molar-refractivity contribution is 5.79.